The van der Waals surface area contributed by atoms with Crippen molar-refractivity contribution in [3.63, 3.8) is 0 Å². The molecule has 1 aromatic rings. The fourth-order valence-corrected chi connectivity index (χ4v) is 4.23. The van der Waals surface area contributed by atoms with E-state index in [1.165, 1.54) is 19.4 Å². The van der Waals surface area contributed by atoms with Crippen molar-refractivity contribution in [3.8, 4) is 0 Å². The molecule has 25 heavy (non-hydrogen) atoms. The number of piperidine rings is 2. The molecule has 0 aromatic carbocycles. The molecule has 0 saturated carbocycles. The van der Waals surface area contributed by atoms with Crippen LogP contribution < -0.4 is 5.56 Å². The molecule has 1 atom stereocenters. The monoisotopic (exact) mass is 346 g/mol. The summed E-state index contributed by atoms with van der Waals surface area (Å²) in [6.45, 7) is 5.69. The van der Waals surface area contributed by atoms with E-state index in [0.717, 1.165) is 44.6 Å². The van der Waals surface area contributed by atoms with Crippen molar-refractivity contribution in [1.82, 2.24) is 19.8 Å². The number of aryl methyl sites for hydroxylation is 1. The zero-order valence-corrected chi connectivity index (χ0v) is 15.5. The number of carbonyl (C=O) groups excluding carboxylic acids is 1. The highest BCUT2D eigenvalue weighted by atomic mass is 16.2. The molecule has 2 fully saturated rings. The van der Waals surface area contributed by atoms with E-state index in [4.69, 9.17) is 0 Å². The number of H-pyrrole nitrogens is 1. The first-order valence-electron chi connectivity index (χ1n) is 9.55. The molecule has 0 bridgehead atoms. The lowest BCUT2D eigenvalue weighted by Gasteiger charge is -2.33. The van der Waals surface area contributed by atoms with Gasteiger partial charge in [0.2, 0.25) is 5.91 Å². The summed E-state index contributed by atoms with van der Waals surface area (Å²) >= 11 is 0. The first-order chi connectivity index (χ1) is 12.0. The normalized spacial score (nSPS) is 23.0. The number of rotatable bonds is 4. The van der Waals surface area contributed by atoms with E-state index in [-0.39, 0.29) is 11.5 Å². The third kappa shape index (κ3) is 4.91. The summed E-state index contributed by atoms with van der Waals surface area (Å²) in [5.74, 6) is 1.92. The zero-order chi connectivity index (χ0) is 17.8. The fourth-order valence-electron chi connectivity index (χ4n) is 4.23. The van der Waals surface area contributed by atoms with Crippen molar-refractivity contribution in [2.24, 2.45) is 5.92 Å². The van der Waals surface area contributed by atoms with Crippen LogP contribution in [0.2, 0.25) is 0 Å². The summed E-state index contributed by atoms with van der Waals surface area (Å²) in [5.41, 5.74) is 0.789. The van der Waals surface area contributed by atoms with Gasteiger partial charge in [0.05, 0.1) is 5.69 Å². The third-order valence-corrected chi connectivity index (χ3v) is 5.63. The van der Waals surface area contributed by atoms with Gasteiger partial charge < -0.3 is 14.8 Å². The Bertz CT molecular complexity index is 649. The van der Waals surface area contributed by atoms with Crippen LogP contribution in [0.1, 0.15) is 56.0 Å². The van der Waals surface area contributed by atoms with Crippen molar-refractivity contribution in [1.29, 1.82) is 0 Å². The molecule has 1 aromatic heterocycles. The largest absolute Gasteiger partial charge is 0.343 e. The highest BCUT2D eigenvalue weighted by Crippen LogP contribution is 2.27. The maximum absolute atomic E-state index is 12.5. The Morgan fingerprint density at radius 3 is 2.72 bits per heavy atom. The van der Waals surface area contributed by atoms with Crippen molar-refractivity contribution in [3.05, 3.63) is 27.9 Å². The number of hydrogen-bond donors (Lipinski definition) is 1. The number of carbonyl (C=O) groups is 1. The SMILES string of the molecule is Cc1nc(C2CCN(C(=O)CC[C@H]3CCCN(C)C3)CC2)cc(=O)[nH]1. The predicted octanol–water partition coefficient (Wildman–Crippen LogP) is 1.91. The second-order valence-corrected chi connectivity index (χ2v) is 7.72. The minimum atomic E-state index is -0.0848. The molecule has 138 valence electrons. The summed E-state index contributed by atoms with van der Waals surface area (Å²) in [7, 11) is 2.17. The Hall–Kier alpha value is -1.69. The zero-order valence-electron chi connectivity index (χ0n) is 15.5. The first kappa shape index (κ1) is 18.1. The van der Waals surface area contributed by atoms with E-state index in [1.54, 1.807) is 6.07 Å². The molecule has 1 N–H and O–H groups in total. The summed E-state index contributed by atoms with van der Waals surface area (Å²) < 4.78 is 0. The number of aromatic nitrogens is 2. The number of amides is 1. The van der Waals surface area contributed by atoms with Crippen molar-refractivity contribution < 1.29 is 4.79 Å². The molecule has 0 radical (unpaired) electrons. The third-order valence-electron chi connectivity index (χ3n) is 5.63. The molecule has 0 unspecified atom stereocenters. The minimum absolute atomic E-state index is 0.0848. The second kappa shape index (κ2) is 8.13. The Balaban J connectivity index is 1.46. The lowest BCUT2D eigenvalue weighted by Crippen LogP contribution is -2.39. The Morgan fingerprint density at radius 2 is 2.04 bits per heavy atom. The van der Waals surface area contributed by atoms with Gasteiger partial charge in [0, 0.05) is 38.0 Å². The van der Waals surface area contributed by atoms with Crippen molar-refractivity contribution in [2.75, 3.05) is 33.2 Å². The molecule has 2 saturated heterocycles. The van der Waals surface area contributed by atoms with E-state index in [9.17, 15) is 9.59 Å². The van der Waals surface area contributed by atoms with E-state index >= 15 is 0 Å². The van der Waals surface area contributed by atoms with E-state index in [0.29, 0.717) is 24.1 Å². The van der Waals surface area contributed by atoms with Gasteiger partial charge in [-0.1, -0.05) is 0 Å². The van der Waals surface area contributed by atoms with E-state index in [2.05, 4.69) is 21.9 Å². The maximum Gasteiger partial charge on any atom is 0.251 e. The van der Waals surface area contributed by atoms with Crippen LogP contribution in [0, 0.1) is 12.8 Å². The summed E-state index contributed by atoms with van der Waals surface area (Å²) in [4.78, 5) is 35.7. The first-order valence-corrected chi connectivity index (χ1v) is 9.55. The molecule has 6 nitrogen and oxygen atoms in total. The number of aromatic amines is 1. The van der Waals surface area contributed by atoms with Crippen molar-refractivity contribution >= 4 is 5.91 Å². The average Bonchev–Trinajstić information content (AvgIpc) is 2.59. The van der Waals surface area contributed by atoms with Crippen LogP contribution in [0.3, 0.4) is 0 Å². The quantitative estimate of drug-likeness (QED) is 0.904. The molecular weight excluding hydrogens is 316 g/mol. The van der Waals surface area contributed by atoms with Gasteiger partial charge in [0.25, 0.3) is 5.56 Å². The summed E-state index contributed by atoms with van der Waals surface area (Å²) in [5, 5.41) is 0. The average molecular weight is 346 g/mol. The number of likely N-dealkylation sites (tertiary alicyclic amines) is 2. The van der Waals surface area contributed by atoms with Crippen molar-refractivity contribution in [2.45, 2.75) is 51.4 Å². The molecule has 0 aliphatic carbocycles. The Kier molecular flexibility index (Phi) is 5.89. The van der Waals surface area contributed by atoms with Crippen LogP contribution in [0.25, 0.3) is 0 Å². The van der Waals surface area contributed by atoms with Crippen LogP contribution in [0.5, 0.6) is 0 Å². The molecular formula is C19H30N4O2. The standard InChI is InChI=1S/C19H30N4O2/c1-14-20-17(12-18(24)21-14)16-7-10-23(11-8-16)19(25)6-5-15-4-3-9-22(2)13-15/h12,15-16H,3-11,13H2,1-2H3,(H,20,21,24)/t15-/m1/s1. The van der Waals surface area contributed by atoms with Crippen LogP contribution in [0.4, 0.5) is 0 Å². The number of nitrogens with one attached hydrogen (secondary N) is 1. The van der Waals surface area contributed by atoms with Gasteiger partial charge in [0.15, 0.2) is 0 Å². The minimum Gasteiger partial charge on any atom is -0.343 e. The molecule has 2 aliphatic heterocycles. The van der Waals surface area contributed by atoms with Crippen LogP contribution in [0.15, 0.2) is 10.9 Å². The maximum atomic E-state index is 12.5. The topological polar surface area (TPSA) is 69.3 Å². The van der Waals surface area contributed by atoms with Gasteiger partial charge in [-0.3, -0.25) is 9.59 Å². The molecule has 3 heterocycles. The Labute approximate surface area is 149 Å². The second-order valence-electron chi connectivity index (χ2n) is 7.72. The lowest BCUT2D eigenvalue weighted by molar-refractivity contribution is -0.132. The van der Waals surface area contributed by atoms with Crippen LogP contribution >= 0.6 is 0 Å². The molecule has 1 amide bonds. The van der Waals surface area contributed by atoms with Gasteiger partial charge in [-0.25, -0.2) is 4.98 Å². The fraction of sp³-hybridized carbons (Fsp3) is 0.737. The molecule has 2 aliphatic rings. The van der Waals surface area contributed by atoms with E-state index in [1.807, 2.05) is 11.8 Å². The smallest absolute Gasteiger partial charge is 0.251 e. The summed E-state index contributed by atoms with van der Waals surface area (Å²) in [6.07, 6.45) is 5.99. The summed E-state index contributed by atoms with van der Waals surface area (Å²) in [6, 6.07) is 1.61. The Morgan fingerprint density at radius 1 is 1.28 bits per heavy atom. The molecule has 6 heteroatoms. The van der Waals surface area contributed by atoms with Crippen LogP contribution in [-0.4, -0.2) is 58.9 Å². The number of hydrogen-bond acceptors (Lipinski definition) is 4. The van der Waals surface area contributed by atoms with Gasteiger partial charge in [0.1, 0.15) is 5.82 Å². The predicted molar refractivity (Wildman–Crippen MR) is 97.6 cm³/mol. The van der Waals surface area contributed by atoms with Gasteiger partial charge in [-0.15, -0.1) is 0 Å². The van der Waals surface area contributed by atoms with Gasteiger partial charge >= 0.3 is 0 Å². The van der Waals surface area contributed by atoms with Crippen LogP contribution in [-0.2, 0) is 4.79 Å². The van der Waals surface area contributed by atoms with Gasteiger partial charge in [-0.2, -0.15) is 0 Å². The highest BCUT2D eigenvalue weighted by Gasteiger charge is 2.26. The van der Waals surface area contributed by atoms with Gasteiger partial charge in [-0.05, 0) is 58.5 Å². The number of nitrogens with zero attached hydrogens (tertiary/aromatic N) is 3. The molecule has 0 spiro atoms. The lowest BCUT2D eigenvalue weighted by atomic mass is 9.91. The molecule has 3 rings (SSSR count). The van der Waals surface area contributed by atoms with E-state index < -0.39 is 0 Å². The highest BCUT2D eigenvalue weighted by molar-refractivity contribution is 5.76.